The number of amides is 2. The number of piperidine rings is 1. The molecule has 8 nitrogen and oxygen atoms in total. The summed E-state index contributed by atoms with van der Waals surface area (Å²) in [5.41, 5.74) is 0.997. The minimum atomic E-state index is -3.50. The standard InChI is InChI=1S/C18H24N4O4S/c1-21-17(23)9-8-16(20-21)18(24)19-13-14-6-5-7-15(12-14)27(25,26)22-10-3-2-4-11-22/h5-7,12H,2-4,8-11,13H2,1H3,(H,19,24). The number of hydrogen-bond acceptors (Lipinski definition) is 5. The lowest BCUT2D eigenvalue weighted by molar-refractivity contribution is -0.130. The first-order chi connectivity index (χ1) is 12.9. The number of sulfonamides is 1. The van der Waals surface area contributed by atoms with Crippen molar-refractivity contribution in [3.8, 4) is 0 Å². The largest absolute Gasteiger partial charge is 0.347 e. The molecule has 2 heterocycles. The molecule has 0 unspecified atom stereocenters. The molecule has 0 spiro atoms. The van der Waals surface area contributed by atoms with Gasteiger partial charge in [0, 0.05) is 39.5 Å². The van der Waals surface area contributed by atoms with Crippen LogP contribution in [0, 0.1) is 0 Å². The van der Waals surface area contributed by atoms with E-state index >= 15 is 0 Å². The third kappa shape index (κ3) is 4.54. The minimum absolute atomic E-state index is 0.123. The van der Waals surface area contributed by atoms with E-state index in [1.165, 1.54) is 16.4 Å². The number of carbonyl (C=O) groups is 2. The first kappa shape index (κ1) is 19.5. The molecule has 3 rings (SSSR count). The fraction of sp³-hybridized carbons (Fsp3) is 0.500. The minimum Gasteiger partial charge on any atom is -0.347 e. The Morgan fingerprint density at radius 2 is 1.93 bits per heavy atom. The molecule has 0 radical (unpaired) electrons. The first-order valence-corrected chi connectivity index (χ1v) is 10.5. The van der Waals surface area contributed by atoms with Gasteiger partial charge < -0.3 is 5.32 Å². The van der Waals surface area contributed by atoms with Gasteiger partial charge in [-0.3, -0.25) is 9.59 Å². The second-order valence-electron chi connectivity index (χ2n) is 6.76. The maximum Gasteiger partial charge on any atom is 0.267 e. The monoisotopic (exact) mass is 392 g/mol. The number of rotatable bonds is 5. The van der Waals surface area contributed by atoms with Gasteiger partial charge in [-0.25, -0.2) is 13.4 Å². The summed E-state index contributed by atoms with van der Waals surface area (Å²) in [5, 5.41) is 7.90. The van der Waals surface area contributed by atoms with E-state index < -0.39 is 10.0 Å². The summed E-state index contributed by atoms with van der Waals surface area (Å²) >= 11 is 0. The molecule has 2 aliphatic rings. The van der Waals surface area contributed by atoms with Crippen LogP contribution in [0.4, 0.5) is 0 Å². The molecule has 0 atom stereocenters. The highest BCUT2D eigenvalue weighted by Gasteiger charge is 2.26. The quantitative estimate of drug-likeness (QED) is 0.811. The van der Waals surface area contributed by atoms with Crippen molar-refractivity contribution in [1.82, 2.24) is 14.6 Å². The Kier molecular flexibility index (Phi) is 5.91. The van der Waals surface area contributed by atoms with Crippen molar-refractivity contribution in [2.75, 3.05) is 20.1 Å². The number of hydrogen-bond donors (Lipinski definition) is 1. The van der Waals surface area contributed by atoms with Gasteiger partial charge in [0.2, 0.25) is 15.9 Å². The van der Waals surface area contributed by atoms with E-state index in [0.717, 1.165) is 19.3 Å². The maximum atomic E-state index is 12.8. The van der Waals surface area contributed by atoms with Crippen molar-refractivity contribution in [2.24, 2.45) is 5.10 Å². The lowest BCUT2D eigenvalue weighted by Gasteiger charge is -2.26. The molecule has 1 aromatic carbocycles. The van der Waals surface area contributed by atoms with Crippen LogP contribution in [-0.2, 0) is 26.2 Å². The molecule has 0 bridgehead atoms. The van der Waals surface area contributed by atoms with E-state index in [1.54, 1.807) is 24.3 Å². The Morgan fingerprint density at radius 1 is 1.19 bits per heavy atom. The predicted molar refractivity (Wildman–Crippen MR) is 100 cm³/mol. The van der Waals surface area contributed by atoms with Gasteiger partial charge in [0.05, 0.1) is 4.90 Å². The van der Waals surface area contributed by atoms with Crippen molar-refractivity contribution < 1.29 is 18.0 Å². The van der Waals surface area contributed by atoms with Gasteiger partial charge >= 0.3 is 0 Å². The van der Waals surface area contributed by atoms with E-state index in [0.29, 0.717) is 30.8 Å². The number of nitrogens with one attached hydrogen (secondary N) is 1. The zero-order valence-corrected chi connectivity index (χ0v) is 16.2. The summed E-state index contributed by atoms with van der Waals surface area (Å²) in [6.45, 7) is 1.30. The van der Waals surface area contributed by atoms with Crippen LogP contribution in [0.5, 0.6) is 0 Å². The molecule has 1 saturated heterocycles. The van der Waals surface area contributed by atoms with Crippen molar-refractivity contribution in [3.63, 3.8) is 0 Å². The summed E-state index contributed by atoms with van der Waals surface area (Å²) in [5.74, 6) is -0.471. The molecule has 9 heteroatoms. The van der Waals surface area contributed by atoms with E-state index in [4.69, 9.17) is 0 Å². The van der Waals surface area contributed by atoms with Crippen LogP contribution in [0.15, 0.2) is 34.3 Å². The lowest BCUT2D eigenvalue weighted by Crippen LogP contribution is -2.37. The molecule has 27 heavy (non-hydrogen) atoms. The third-order valence-corrected chi connectivity index (χ3v) is 6.67. The van der Waals surface area contributed by atoms with E-state index in [-0.39, 0.29) is 29.7 Å². The zero-order chi connectivity index (χ0) is 19.4. The molecule has 2 aliphatic heterocycles. The highest BCUT2D eigenvalue weighted by Crippen LogP contribution is 2.21. The van der Waals surface area contributed by atoms with Gasteiger partial charge in [0.25, 0.3) is 5.91 Å². The van der Waals surface area contributed by atoms with E-state index in [2.05, 4.69) is 10.4 Å². The van der Waals surface area contributed by atoms with Crippen LogP contribution in [0.2, 0.25) is 0 Å². The lowest BCUT2D eigenvalue weighted by atomic mass is 10.1. The molecule has 1 N–H and O–H groups in total. The Balaban J connectivity index is 1.66. The van der Waals surface area contributed by atoms with Crippen molar-refractivity contribution in [1.29, 1.82) is 0 Å². The SMILES string of the molecule is CN1N=C(C(=O)NCc2cccc(S(=O)(=O)N3CCCCC3)c2)CCC1=O. The number of hydrazone groups is 1. The fourth-order valence-electron chi connectivity index (χ4n) is 3.19. The second-order valence-corrected chi connectivity index (χ2v) is 8.70. The highest BCUT2D eigenvalue weighted by molar-refractivity contribution is 7.89. The van der Waals surface area contributed by atoms with Crippen LogP contribution >= 0.6 is 0 Å². The average Bonchev–Trinajstić information content (AvgIpc) is 2.69. The average molecular weight is 392 g/mol. The Labute approximate surface area is 159 Å². The highest BCUT2D eigenvalue weighted by atomic mass is 32.2. The number of carbonyl (C=O) groups excluding carboxylic acids is 2. The van der Waals surface area contributed by atoms with E-state index in [9.17, 15) is 18.0 Å². The molecule has 146 valence electrons. The van der Waals surface area contributed by atoms with Gasteiger partial charge in [0.15, 0.2) is 0 Å². The summed E-state index contributed by atoms with van der Waals surface area (Å²) in [6, 6.07) is 6.64. The van der Waals surface area contributed by atoms with Crippen LogP contribution in [0.25, 0.3) is 0 Å². The van der Waals surface area contributed by atoms with Crippen LogP contribution < -0.4 is 5.32 Å². The number of benzene rings is 1. The molecule has 0 saturated carbocycles. The molecular weight excluding hydrogens is 368 g/mol. The van der Waals surface area contributed by atoms with E-state index in [1.807, 2.05) is 0 Å². The molecule has 2 amide bonds. The summed E-state index contributed by atoms with van der Waals surface area (Å²) < 4.78 is 27.1. The van der Waals surface area contributed by atoms with Gasteiger partial charge in [-0.1, -0.05) is 18.6 Å². The number of nitrogens with zero attached hydrogens (tertiary/aromatic N) is 3. The van der Waals surface area contributed by atoms with Crippen molar-refractivity contribution in [2.45, 2.75) is 43.5 Å². The Morgan fingerprint density at radius 3 is 2.63 bits per heavy atom. The predicted octanol–water partition coefficient (Wildman–Crippen LogP) is 1.09. The Bertz CT molecular complexity index is 860. The second kappa shape index (κ2) is 8.18. The zero-order valence-electron chi connectivity index (χ0n) is 15.3. The summed E-state index contributed by atoms with van der Waals surface area (Å²) in [7, 11) is -1.99. The molecule has 1 fully saturated rings. The molecular formula is C18H24N4O4S. The molecule has 0 aromatic heterocycles. The third-order valence-electron chi connectivity index (χ3n) is 4.77. The van der Waals surface area contributed by atoms with Crippen LogP contribution in [0.1, 0.15) is 37.7 Å². The smallest absolute Gasteiger partial charge is 0.267 e. The van der Waals surface area contributed by atoms with Crippen LogP contribution in [0.3, 0.4) is 0 Å². The molecule has 1 aromatic rings. The summed E-state index contributed by atoms with van der Waals surface area (Å²) in [6.07, 6.45) is 3.38. The molecule has 0 aliphatic carbocycles. The fourth-order valence-corrected chi connectivity index (χ4v) is 4.78. The Hall–Kier alpha value is -2.26. The summed E-state index contributed by atoms with van der Waals surface area (Å²) in [4.78, 5) is 23.9. The normalized spacial score (nSPS) is 18.9. The van der Waals surface area contributed by atoms with Gasteiger partial charge in [-0.05, 0) is 30.5 Å². The van der Waals surface area contributed by atoms with Crippen molar-refractivity contribution >= 4 is 27.5 Å². The topological polar surface area (TPSA) is 99.2 Å². The van der Waals surface area contributed by atoms with Gasteiger partial charge in [-0.2, -0.15) is 9.41 Å². The van der Waals surface area contributed by atoms with Gasteiger partial charge in [0.1, 0.15) is 5.71 Å². The van der Waals surface area contributed by atoms with Crippen LogP contribution in [-0.4, -0.2) is 55.4 Å². The van der Waals surface area contributed by atoms with Crippen molar-refractivity contribution in [3.05, 3.63) is 29.8 Å². The van der Waals surface area contributed by atoms with Gasteiger partial charge in [-0.15, -0.1) is 0 Å². The maximum absolute atomic E-state index is 12.8. The first-order valence-electron chi connectivity index (χ1n) is 9.09.